The Morgan fingerprint density at radius 1 is 1.19 bits per heavy atom. The van der Waals surface area contributed by atoms with Crippen molar-refractivity contribution in [2.24, 2.45) is 5.73 Å². The highest BCUT2D eigenvalue weighted by Crippen LogP contribution is 2.32. The summed E-state index contributed by atoms with van der Waals surface area (Å²) in [6, 6.07) is 14.1. The zero-order valence-corrected chi connectivity index (χ0v) is 13.4. The largest absolute Gasteiger partial charge is 0.497 e. The van der Waals surface area contributed by atoms with E-state index in [1.54, 1.807) is 7.11 Å². The van der Waals surface area contributed by atoms with Gasteiger partial charge in [0.15, 0.2) is 0 Å². The molecule has 0 radical (unpaired) electrons. The van der Waals surface area contributed by atoms with Crippen molar-refractivity contribution in [3.05, 3.63) is 53.1 Å². The molecule has 3 nitrogen and oxygen atoms in total. The Bertz CT molecular complexity index is 596. The fraction of sp³-hybridized carbons (Fsp3) is 0.294. The molecule has 1 unspecified atom stereocenters. The van der Waals surface area contributed by atoms with Crippen LogP contribution in [-0.2, 0) is 6.42 Å². The first kappa shape index (κ1) is 15.7. The molecule has 21 heavy (non-hydrogen) atoms. The molecule has 0 aromatic heterocycles. The predicted molar refractivity (Wildman–Crippen MR) is 89.9 cm³/mol. The minimum absolute atomic E-state index is 0.131. The van der Waals surface area contributed by atoms with Crippen LogP contribution in [0.4, 0.5) is 11.4 Å². The van der Waals surface area contributed by atoms with Gasteiger partial charge in [-0.2, -0.15) is 0 Å². The van der Waals surface area contributed by atoms with E-state index >= 15 is 0 Å². The molecule has 0 aliphatic rings. The van der Waals surface area contributed by atoms with E-state index in [4.69, 9.17) is 22.1 Å². The van der Waals surface area contributed by atoms with Crippen molar-refractivity contribution in [2.75, 3.05) is 19.1 Å². The topological polar surface area (TPSA) is 38.5 Å². The molecule has 0 aliphatic carbocycles. The SMILES string of the molecule is COc1ccc(N(C)c2ccc(CC(C)N)cc2Cl)cc1. The molecule has 2 N–H and O–H groups in total. The third kappa shape index (κ3) is 3.90. The molecule has 0 amide bonds. The number of hydrogen-bond donors (Lipinski definition) is 1. The number of halogens is 1. The number of hydrogen-bond acceptors (Lipinski definition) is 3. The second kappa shape index (κ2) is 6.83. The summed E-state index contributed by atoms with van der Waals surface area (Å²) in [6.07, 6.45) is 0.826. The molecular weight excluding hydrogens is 284 g/mol. The smallest absolute Gasteiger partial charge is 0.119 e. The van der Waals surface area contributed by atoms with Gasteiger partial charge in [0.1, 0.15) is 5.75 Å². The molecule has 1 atom stereocenters. The van der Waals surface area contributed by atoms with Crippen LogP contribution < -0.4 is 15.4 Å². The first-order valence-corrected chi connectivity index (χ1v) is 7.31. The zero-order chi connectivity index (χ0) is 15.4. The molecule has 0 heterocycles. The lowest BCUT2D eigenvalue weighted by atomic mass is 10.1. The number of methoxy groups -OCH3 is 1. The predicted octanol–water partition coefficient (Wildman–Crippen LogP) is 4.01. The van der Waals surface area contributed by atoms with Gasteiger partial charge in [-0.25, -0.2) is 0 Å². The van der Waals surface area contributed by atoms with Gasteiger partial charge in [-0.05, 0) is 55.3 Å². The molecular formula is C17H21ClN2O. The van der Waals surface area contributed by atoms with Gasteiger partial charge in [-0.1, -0.05) is 17.7 Å². The summed E-state index contributed by atoms with van der Waals surface area (Å²) < 4.78 is 5.17. The monoisotopic (exact) mass is 304 g/mol. The minimum Gasteiger partial charge on any atom is -0.497 e. The number of anilines is 2. The Morgan fingerprint density at radius 2 is 1.86 bits per heavy atom. The maximum atomic E-state index is 6.41. The Morgan fingerprint density at radius 3 is 2.38 bits per heavy atom. The van der Waals surface area contributed by atoms with E-state index in [1.807, 2.05) is 50.4 Å². The molecule has 112 valence electrons. The third-order valence-electron chi connectivity index (χ3n) is 3.39. The van der Waals surface area contributed by atoms with Crippen LogP contribution in [0.25, 0.3) is 0 Å². The van der Waals surface area contributed by atoms with Crippen LogP contribution in [0.1, 0.15) is 12.5 Å². The Hall–Kier alpha value is -1.71. The number of benzene rings is 2. The number of rotatable bonds is 5. The van der Waals surface area contributed by atoms with Gasteiger partial charge in [-0.15, -0.1) is 0 Å². The van der Waals surface area contributed by atoms with Crippen LogP contribution in [0.15, 0.2) is 42.5 Å². The van der Waals surface area contributed by atoms with Crippen LogP contribution in [0.2, 0.25) is 5.02 Å². The van der Waals surface area contributed by atoms with Crippen molar-refractivity contribution in [3.8, 4) is 5.75 Å². The van der Waals surface area contributed by atoms with E-state index in [0.29, 0.717) is 0 Å². The summed E-state index contributed by atoms with van der Waals surface area (Å²) >= 11 is 6.41. The van der Waals surface area contributed by atoms with Crippen LogP contribution in [0.3, 0.4) is 0 Å². The number of nitrogens with two attached hydrogens (primary N) is 1. The highest BCUT2D eigenvalue weighted by atomic mass is 35.5. The molecule has 4 heteroatoms. The molecule has 0 fully saturated rings. The summed E-state index contributed by atoms with van der Waals surface area (Å²) in [6.45, 7) is 1.99. The molecule has 0 spiro atoms. The van der Waals surface area contributed by atoms with Crippen LogP contribution in [0.5, 0.6) is 5.75 Å². The molecule has 2 aromatic carbocycles. The lowest BCUT2D eigenvalue weighted by Crippen LogP contribution is -2.18. The number of ether oxygens (including phenoxy) is 1. The highest BCUT2D eigenvalue weighted by Gasteiger charge is 2.10. The Balaban J connectivity index is 2.23. The van der Waals surface area contributed by atoms with Crippen molar-refractivity contribution in [2.45, 2.75) is 19.4 Å². The van der Waals surface area contributed by atoms with Crippen molar-refractivity contribution in [1.82, 2.24) is 0 Å². The molecule has 0 saturated heterocycles. The summed E-state index contributed by atoms with van der Waals surface area (Å²) in [5.41, 5.74) is 9.00. The molecule has 0 saturated carbocycles. The van der Waals surface area contributed by atoms with Gasteiger partial charge >= 0.3 is 0 Å². The second-order valence-corrected chi connectivity index (χ2v) is 5.63. The van der Waals surface area contributed by atoms with Gasteiger partial charge in [0.2, 0.25) is 0 Å². The zero-order valence-electron chi connectivity index (χ0n) is 12.6. The van der Waals surface area contributed by atoms with Crippen LogP contribution in [-0.4, -0.2) is 20.2 Å². The first-order valence-electron chi connectivity index (χ1n) is 6.93. The average molecular weight is 305 g/mol. The summed E-state index contributed by atoms with van der Waals surface area (Å²) in [7, 11) is 3.65. The van der Waals surface area contributed by atoms with Gasteiger partial charge in [0, 0.05) is 18.8 Å². The highest BCUT2D eigenvalue weighted by molar-refractivity contribution is 6.33. The summed E-state index contributed by atoms with van der Waals surface area (Å²) in [4.78, 5) is 2.05. The minimum atomic E-state index is 0.131. The maximum absolute atomic E-state index is 6.41. The van der Waals surface area contributed by atoms with Crippen LogP contribution in [0, 0.1) is 0 Å². The fourth-order valence-corrected chi connectivity index (χ4v) is 2.60. The van der Waals surface area contributed by atoms with Gasteiger partial charge in [-0.3, -0.25) is 0 Å². The van der Waals surface area contributed by atoms with Crippen molar-refractivity contribution in [1.29, 1.82) is 0 Å². The van der Waals surface area contributed by atoms with E-state index in [9.17, 15) is 0 Å². The quantitative estimate of drug-likeness (QED) is 0.907. The average Bonchev–Trinajstić information content (AvgIpc) is 2.46. The molecule has 2 rings (SSSR count). The van der Waals surface area contributed by atoms with E-state index in [-0.39, 0.29) is 6.04 Å². The number of nitrogens with zero attached hydrogens (tertiary/aromatic N) is 1. The molecule has 0 aliphatic heterocycles. The van der Waals surface area contributed by atoms with Crippen molar-refractivity contribution in [3.63, 3.8) is 0 Å². The molecule has 0 bridgehead atoms. The fourth-order valence-electron chi connectivity index (χ4n) is 2.27. The van der Waals surface area contributed by atoms with E-state index in [1.165, 1.54) is 0 Å². The van der Waals surface area contributed by atoms with Gasteiger partial charge in [0.05, 0.1) is 17.8 Å². The van der Waals surface area contributed by atoms with Gasteiger partial charge in [0.25, 0.3) is 0 Å². The lowest BCUT2D eigenvalue weighted by molar-refractivity contribution is 0.415. The Kier molecular flexibility index (Phi) is 5.10. The second-order valence-electron chi connectivity index (χ2n) is 5.22. The van der Waals surface area contributed by atoms with E-state index in [2.05, 4.69) is 11.0 Å². The first-order chi connectivity index (χ1) is 10.0. The van der Waals surface area contributed by atoms with Crippen molar-refractivity contribution >= 4 is 23.0 Å². The summed E-state index contributed by atoms with van der Waals surface area (Å²) in [5, 5.41) is 0.728. The van der Waals surface area contributed by atoms with Gasteiger partial charge < -0.3 is 15.4 Å². The molecule has 2 aromatic rings. The normalized spacial score (nSPS) is 12.0. The van der Waals surface area contributed by atoms with E-state index in [0.717, 1.165) is 34.1 Å². The van der Waals surface area contributed by atoms with Crippen molar-refractivity contribution < 1.29 is 4.74 Å². The summed E-state index contributed by atoms with van der Waals surface area (Å²) in [5.74, 6) is 0.838. The van der Waals surface area contributed by atoms with E-state index < -0.39 is 0 Å². The standard InChI is InChI=1S/C17H21ClN2O/c1-12(19)10-13-4-9-17(16(18)11-13)20(2)14-5-7-15(21-3)8-6-14/h4-9,11-12H,10,19H2,1-3H3. The lowest BCUT2D eigenvalue weighted by Gasteiger charge is -2.21. The maximum Gasteiger partial charge on any atom is 0.119 e. The Labute approximate surface area is 131 Å². The van der Waals surface area contributed by atoms with Crippen LogP contribution >= 0.6 is 11.6 Å². The third-order valence-corrected chi connectivity index (χ3v) is 3.69.